The average Bonchev–Trinajstić information content (AvgIpc) is 3.12. The topological polar surface area (TPSA) is 59.3 Å². The quantitative estimate of drug-likeness (QED) is 0.597. The van der Waals surface area contributed by atoms with Crippen LogP contribution in [0.1, 0.15) is 15.9 Å². The number of pyridine rings is 2. The summed E-state index contributed by atoms with van der Waals surface area (Å²) in [5, 5.41) is 3.60. The molecule has 128 valence electrons. The number of fused-ring (bicyclic) bond motifs is 1. The van der Waals surface area contributed by atoms with E-state index in [4.69, 9.17) is 11.6 Å². The minimum atomic E-state index is -0.169. The number of aromatic nitrogens is 3. The predicted octanol–water partition coefficient (Wildman–Crippen LogP) is 3.98. The third-order valence-electron chi connectivity index (χ3n) is 4.12. The molecule has 0 aliphatic rings. The molecule has 0 saturated heterocycles. The van der Waals surface area contributed by atoms with Gasteiger partial charge in [-0.25, -0.2) is 4.98 Å². The number of nitrogens with one attached hydrogen (secondary N) is 1. The van der Waals surface area contributed by atoms with Gasteiger partial charge >= 0.3 is 0 Å². The highest BCUT2D eigenvalue weighted by atomic mass is 35.5. The largest absolute Gasteiger partial charge is 0.348 e. The second kappa shape index (κ2) is 6.98. The van der Waals surface area contributed by atoms with E-state index in [1.54, 1.807) is 36.8 Å². The molecule has 1 aromatic carbocycles. The van der Waals surface area contributed by atoms with E-state index in [2.05, 4.69) is 15.3 Å². The van der Waals surface area contributed by atoms with Crippen LogP contribution in [0.3, 0.4) is 0 Å². The summed E-state index contributed by atoms with van der Waals surface area (Å²) >= 11 is 5.89. The van der Waals surface area contributed by atoms with Crippen LogP contribution in [-0.4, -0.2) is 20.3 Å². The van der Waals surface area contributed by atoms with E-state index in [0.717, 1.165) is 16.8 Å². The van der Waals surface area contributed by atoms with Gasteiger partial charge in [-0.05, 0) is 42.0 Å². The van der Waals surface area contributed by atoms with Gasteiger partial charge in [0.2, 0.25) is 0 Å². The van der Waals surface area contributed by atoms with Crippen molar-refractivity contribution in [2.75, 3.05) is 0 Å². The van der Waals surface area contributed by atoms with Crippen LogP contribution in [0.2, 0.25) is 5.02 Å². The van der Waals surface area contributed by atoms with Crippen molar-refractivity contribution < 1.29 is 4.79 Å². The van der Waals surface area contributed by atoms with Crippen molar-refractivity contribution in [1.29, 1.82) is 0 Å². The minimum Gasteiger partial charge on any atom is -0.348 e. The molecule has 26 heavy (non-hydrogen) atoms. The first kappa shape index (κ1) is 16.3. The summed E-state index contributed by atoms with van der Waals surface area (Å²) in [7, 11) is 0. The van der Waals surface area contributed by atoms with Crippen molar-refractivity contribution in [3.63, 3.8) is 0 Å². The summed E-state index contributed by atoms with van der Waals surface area (Å²) in [5.74, 6) is -0.169. The van der Waals surface area contributed by atoms with E-state index >= 15 is 0 Å². The van der Waals surface area contributed by atoms with E-state index < -0.39 is 0 Å². The lowest BCUT2D eigenvalue weighted by molar-refractivity contribution is 0.0952. The van der Waals surface area contributed by atoms with Crippen molar-refractivity contribution in [3.05, 3.63) is 89.5 Å². The second-order valence-corrected chi connectivity index (χ2v) is 6.24. The highest BCUT2D eigenvalue weighted by Crippen LogP contribution is 2.21. The number of benzene rings is 1. The molecule has 5 nitrogen and oxygen atoms in total. The van der Waals surface area contributed by atoms with E-state index in [0.29, 0.717) is 22.8 Å². The van der Waals surface area contributed by atoms with Crippen molar-refractivity contribution in [2.45, 2.75) is 6.54 Å². The predicted molar refractivity (Wildman–Crippen MR) is 101 cm³/mol. The summed E-state index contributed by atoms with van der Waals surface area (Å²) in [6.45, 7) is 0.426. The zero-order valence-electron chi connectivity index (χ0n) is 13.8. The maximum Gasteiger partial charge on any atom is 0.255 e. The van der Waals surface area contributed by atoms with Gasteiger partial charge in [-0.2, -0.15) is 0 Å². The fraction of sp³-hybridized carbons (Fsp3) is 0.0500. The van der Waals surface area contributed by atoms with Crippen LogP contribution in [0.4, 0.5) is 0 Å². The molecule has 3 heterocycles. The van der Waals surface area contributed by atoms with Crippen molar-refractivity contribution in [1.82, 2.24) is 19.7 Å². The molecule has 4 rings (SSSR count). The smallest absolute Gasteiger partial charge is 0.255 e. The van der Waals surface area contributed by atoms with E-state index in [1.165, 1.54) is 0 Å². The van der Waals surface area contributed by atoms with Crippen LogP contribution < -0.4 is 5.32 Å². The van der Waals surface area contributed by atoms with Gasteiger partial charge in [0.25, 0.3) is 5.91 Å². The van der Waals surface area contributed by atoms with Gasteiger partial charge in [0.1, 0.15) is 5.65 Å². The van der Waals surface area contributed by atoms with E-state index in [1.807, 2.05) is 40.9 Å². The van der Waals surface area contributed by atoms with Crippen LogP contribution in [-0.2, 0) is 6.54 Å². The van der Waals surface area contributed by atoms with Crippen LogP contribution in [0.25, 0.3) is 16.9 Å². The zero-order valence-corrected chi connectivity index (χ0v) is 14.5. The van der Waals surface area contributed by atoms with Gasteiger partial charge in [-0.15, -0.1) is 0 Å². The van der Waals surface area contributed by atoms with Gasteiger partial charge in [0.05, 0.1) is 17.5 Å². The molecule has 1 amide bonds. The fourth-order valence-electron chi connectivity index (χ4n) is 2.80. The molecule has 0 fully saturated rings. The molecule has 4 aromatic rings. The lowest BCUT2D eigenvalue weighted by atomic mass is 10.2. The molecule has 0 unspecified atom stereocenters. The summed E-state index contributed by atoms with van der Waals surface area (Å²) in [5.41, 5.74) is 4.03. The number of hydrogen-bond acceptors (Lipinski definition) is 3. The Bertz CT molecular complexity index is 1060. The van der Waals surface area contributed by atoms with Crippen molar-refractivity contribution in [2.24, 2.45) is 0 Å². The Kier molecular flexibility index (Phi) is 4.37. The number of hydrogen-bond donors (Lipinski definition) is 1. The summed E-state index contributed by atoms with van der Waals surface area (Å²) in [6, 6.07) is 14.8. The first-order chi connectivity index (χ1) is 12.7. The van der Waals surface area contributed by atoms with Crippen LogP contribution in [0, 0.1) is 0 Å². The van der Waals surface area contributed by atoms with Crippen LogP contribution in [0.15, 0.2) is 73.3 Å². The molecule has 0 spiro atoms. The number of amides is 1. The average molecular weight is 363 g/mol. The Labute approximate surface area is 155 Å². The lowest BCUT2D eigenvalue weighted by Gasteiger charge is -2.08. The maximum absolute atomic E-state index is 12.6. The third-order valence-corrected chi connectivity index (χ3v) is 4.37. The summed E-state index contributed by atoms with van der Waals surface area (Å²) in [6.07, 6.45) is 7.13. The third kappa shape index (κ3) is 3.17. The number of halogens is 1. The molecule has 1 N–H and O–H groups in total. The molecule has 0 aliphatic heterocycles. The summed E-state index contributed by atoms with van der Waals surface area (Å²) < 4.78 is 1.91. The minimum absolute atomic E-state index is 0.169. The van der Waals surface area contributed by atoms with Gasteiger partial charge in [-0.3, -0.25) is 14.2 Å². The number of rotatable bonds is 4. The molecular weight excluding hydrogens is 348 g/mol. The first-order valence-electron chi connectivity index (χ1n) is 8.11. The molecule has 0 atom stereocenters. The number of nitrogens with zero attached hydrogens (tertiary/aromatic N) is 3. The number of imidazole rings is 1. The highest BCUT2D eigenvalue weighted by Gasteiger charge is 2.14. The number of carbonyl (C=O) groups excluding carboxylic acids is 1. The van der Waals surface area contributed by atoms with Gasteiger partial charge < -0.3 is 5.32 Å². The monoisotopic (exact) mass is 362 g/mol. The Balaban J connectivity index is 1.61. The van der Waals surface area contributed by atoms with E-state index in [9.17, 15) is 4.79 Å². The molecular formula is C20H15ClN4O. The summed E-state index contributed by atoms with van der Waals surface area (Å²) in [4.78, 5) is 21.1. The first-order valence-corrected chi connectivity index (χ1v) is 8.49. The molecule has 6 heteroatoms. The molecule has 3 aromatic heterocycles. The second-order valence-electron chi connectivity index (χ2n) is 5.80. The molecule has 0 bridgehead atoms. The number of carbonyl (C=O) groups is 1. The van der Waals surface area contributed by atoms with E-state index in [-0.39, 0.29) is 5.91 Å². The molecule has 0 saturated carbocycles. The highest BCUT2D eigenvalue weighted by molar-refractivity contribution is 6.30. The maximum atomic E-state index is 12.6. The molecule has 0 aliphatic carbocycles. The molecule has 0 radical (unpaired) electrons. The Morgan fingerprint density at radius 2 is 1.85 bits per heavy atom. The Hall–Kier alpha value is -3.18. The van der Waals surface area contributed by atoms with Gasteiger partial charge in [0, 0.05) is 35.7 Å². The van der Waals surface area contributed by atoms with Crippen LogP contribution >= 0.6 is 11.6 Å². The zero-order chi connectivity index (χ0) is 17.9. The lowest BCUT2D eigenvalue weighted by Crippen LogP contribution is -2.23. The Morgan fingerprint density at radius 1 is 1.08 bits per heavy atom. The van der Waals surface area contributed by atoms with Gasteiger partial charge in [-0.1, -0.05) is 23.7 Å². The van der Waals surface area contributed by atoms with Gasteiger partial charge in [0.15, 0.2) is 0 Å². The van der Waals surface area contributed by atoms with Crippen LogP contribution in [0.5, 0.6) is 0 Å². The SMILES string of the molecule is O=C(NCc1ccc(Cl)cc1)c1cccn2c(-c3ccncc3)cnc12. The fourth-order valence-corrected chi connectivity index (χ4v) is 2.93. The Morgan fingerprint density at radius 3 is 2.62 bits per heavy atom. The van der Waals surface area contributed by atoms with Crippen molar-refractivity contribution in [3.8, 4) is 11.3 Å². The standard InChI is InChI=1S/C20H15ClN4O/c21-16-5-3-14(4-6-16)12-24-20(26)17-2-1-11-25-18(13-23-19(17)25)15-7-9-22-10-8-15/h1-11,13H,12H2,(H,24,26). The van der Waals surface area contributed by atoms with Crippen molar-refractivity contribution >= 4 is 23.2 Å². The normalized spacial score (nSPS) is 10.8.